The number of ether oxygens (including phenoxy) is 1. The quantitative estimate of drug-likeness (QED) is 0.910. The average molecular weight is 285 g/mol. The van der Waals surface area contributed by atoms with Gasteiger partial charge < -0.3 is 15.0 Å². The van der Waals surface area contributed by atoms with Crippen LogP contribution in [0.3, 0.4) is 0 Å². The molecule has 0 bridgehead atoms. The number of hydrogen-bond acceptors (Lipinski definition) is 2. The van der Waals surface area contributed by atoms with E-state index in [1.807, 2.05) is 13.8 Å². The van der Waals surface area contributed by atoms with Crippen LogP contribution in [0.2, 0.25) is 5.02 Å². The summed E-state index contributed by atoms with van der Waals surface area (Å²) in [5, 5.41) is 3.26. The number of carbonyl (C=O) groups is 1. The van der Waals surface area contributed by atoms with Crippen LogP contribution in [0.4, 0.5) is 4.39 Å². The van der Waals surface area contributed by atoms with Gasteiger partial charge in [-0.3, -0.25) is 4.79 Å². The third-order valence-electron chi connectivity index (χ3n) is 2.65. The predicted molar refractivity (Wildman–Crippen MR) is 72.4 cm³/mol. The van der Waals surface area contributed by atoms with Crippen LogP contribution in [-0.4, -0.2) is 24.0 Å². The summed E-state index contributed by atoms with van der Waals surface area (Å²) in [4.78, 5) is 14.7. The molecule has 2 N–H and O–H groups in total. The molecule has 1 heterocycles. The molecule has 0 saturated heterocycles. The molecule has 2 aromatic rings. The highest BCUT2D eigenvalue weighted by atomic mass is 35.5. The van der Waals surface area contributed by atoms with Crippen molar-refractivity contribution in [2.45, 2.75) is 19.9 Å². The summed E-state index contributed by atoms with van der Waals surface area (Å²) in [7, 11) is 1.43. The Labute approximate surface area is 114 Å². The molecule has 1 aromatic carbocycles. The number of nitrogens with one attached hydrogen (secondary N) is 2. The second kappa shape index (κ2) is 5.09. The highest BCUT2D eigenvalue weighted by Crippen LogP contribution is 2.34. The Morgan fingerprint density at radius 2 is 2.16 bits per heavy atom. The van der Waals surface area contributed by atoms with E-state index >= 15 is 0 Å². The summed E-state index contributed by atoms with van der Waals surface area (Å²) in [6.07, 6.45) is 0. The summed E-state index contributed by atoms with van der Waals surface area (Å²) < 4.78 is 18.7. The fourth-order valence-electron chi connectivity index (χ4n) is 1.83. The Morgan fingerprint density at radius 3 is 2.74 bits per heavy atom. The highest BCUT2D eigenvalue weighted by molar-refractivity contribution is 6.35. The van der Waals surface area contributed by atoms with Crippen molar-refractivity contribution in [2.24, 2.45) is 0 Å². The second-order valence-electron chi connectivity index (χ2n) is 4.47. The van der Waals surface area contributed by atoms with Crippen LogP contribution >= 0.6 is 11.6 Å². The van der Waals surface area contributed by atoms with Gasteiger partial charge in [-0.2, -0.15) is 0 Å². The summed E-state index contributed by atoms with van der Waals surface area (Å²) in [5.74, 6) is -0.537. The van der Waals surface area contributed by atoms with Gasteiger partial charge in [0.2, 0.25) is 0 Å². The molecular formula is C13H14ClFN2O2. The van der Waals surface area contributed by atoms with Crippen LogP contribution in [0, 0.1) is 5.82 Å². The van der Waals surface area contributed by atoms with Gasteiger partial charge in [-0.1, -0.05) is 11.6 Å². The molecule has 0 spiro atoms. The fraction of sp³-hybridized carbons (Fsp3) is 0.308. The molecule has 0 saturated carbocycles. The van der Waals surface area contributed by atoms with Gasteiger partial charge in [0.05, 0.1) is 12.6 Å². The minimum absolute atomic E-state index is 0.00742. The van der Waals surface area contributed by atoms with E-state index in [-0.39, 0.29) is 17.0 Å². The Morgan fingerprint density at radius 1 is 1.47 bits per heavy atom. The van der Waals surface area contributed by atoms with Gasteiger partial charge in [0.15, 0.2) is 0 Å². The lowest BCUT2D eigenvalue weighted by Gasteiger charge is -2.05. The Balaban J connectivity index is 2.56. The van der Waals surface area contributed by atoms with Crippen LogP contribution in [0.5, 0.6) is 5.75 Å². The van der Waals surface area contributed by atoms with Crippen molar-refractivity contribution < 1.29 is 13.9 Å². The summed E-state index contributed by atoms with van der Waals surface area (Å²) in [5.41, 5.74) is 0.668. The lowest BCUT2D eigenvalue weighted by molar-refractivity contribution is 0.0939. The molecular weight excluding hydrogens is 271 g/mol. The topological polar surface area (TPSA) is 54.1 Å². The van der Waals surface area contributed by atoms with E-state index in [1.54, 1.807) is 6.07 Å². The summed E-state index contributed by atoms with van der Waals surface area (Å²) in [6, 6.07) is 2.80. The van der Waals surface area contributed by atoms with E-state index in [2.05, 4.69) is 10.3 Å². The van der Waals surface area contributed by atoms with Gasteiger partial charge in [0.1, 0.15) is 22.3 Å². The summed E-state index contributed by atoms with van der Waals surface area (Å²) in [6.45, 7) is 3.71. The van der Waals surface area contributed by atoms with Crippen molar-refractivity contribution in [1.82, 2.24) is 10.3 Å². The average Bonchev–Trinajstić information content (AvgIpc) is 2.78. The van der Waals surface area contributed by atoms with Crippen molar-refractivity contribution >= 4 is 28.4 Å². The first-order valence-electron chi connectivity index (χ1n) is 5.79. The number of aromatic amines is 1. The molecule has 1 aromatic heterocycles. The Kier molecular flexibility index (Phi) is 3.66. The van der Waals surface area contributed by atoms with Crippen molar-refractivity contribution in [3.05, 3.63) is 28.7 Å². The van der Waals surface area contributed by atoms with Crippen LogP contribution in [0.1, 0.15) is 24.3 Å². The Hall–Kier alpha value is -1.75. The van der Waals surface area contributed by atoms with Crippen LogP contribution < -0.4 is 10.1 Å². The monoisotopic (exact) mass is 284 g/mol. The number of rotatable bonds is 3. The van der Waals surface area contributed by atoms with Gasteiger partial charge in [0.25, 0.3) is 5.91 Å². The van der Waals surface area contributed by atoms with Crippen molar-refractivity contribution in [2.75, 3.05) is 7.11 Å². The first kappa shape index (κ1) is 13.7. The molecule has 0 aliphatic rings. The molecule has 0 aliphatic carbocycles. The van der Waals surface area contributed by atoms with Crippen molar-refractivity contribution in [1.29, 1.82) is 0 Å². The van der Waals surface area contributed by atoms with Crippen LogP contribution in [0.15, 0.2) is 12.1 Å². The maximum absolute atomic E-state index is 13.6. The molecule has 0 aliphatic heterocycles. The normalized spacial score (nSPS) is 11.1. The van der Waals surface area contributed by atoms with E-state index < -0.39 is 5.82 Å². The first-order chi connectivity index (χ1) is 8.93. The van der Waals surface area contributed by atoms with Gasteiger partial charge in [-0.15, -0.1) is 0 Å². The molecule has 0 unspecified atom stereocenters. The van der Waals surface area contributed by atoms with E-state index in [9.17, 15) is 9.18 Å². The SMILES string of the molecule is COc1cc(F)c(Cl)c2[nH]c(C(=O)NC(C)C)cc12. The maximum Gasteiger partial charge on any atom is 0.267 e. The fourth-order valence-corrected chi connectivity index (χ4v) is 2.03. The second-order valence-corrected chi connectivity index (χ2v) is 4.85. The van der Waals surface area contributed by atoms with Gasteiger partial charge in [-0.05, 0) is 19.9 Å². The number of fused-ring (bicyclic) bond motifs is 1. The zero-order valence-electron chi connectivity index (χ0n) is 10.8. The van der Waals surface area contributed by atoms with Crippen molar-refractivity contribution in [3.63, 3.8) is 0 Å². The number of halogens is 2. The van der Waals surface area contributed by atoms with E-state index in [4.69, 9.17) is 16.3 Å². The number of H-pyrrole nitrogens is 1. The largest absolute Gasteiger partial charge is 0.496 e. The molecule has 102 valence electrons. The molecule has 0 radical (unpaired) electrons. The maximum atomic E-state index is 13.6. The van der Waals surface area contributed by atoms with Crippen molar-refractivity contribution in [3.8, 4) is 5.75 Å². The number of aromatic nitrogens is 1. The minimum atomic E-state index is -0.594. The summed E-state index contributed by atoms with van der Waals surface area (Å²) >= 11 is 5.89. The molecule has 0 fully saturated rings. The van der Waals surface area contributed by atoms with Crippen LogP contribution in [0.25, 0.3) is 10.9 Å². The van der Waals surface area contributed by atoms with E-state index in [0.717, 1.165) is 0 Å². The molecule has 1 amide bonds. The third-order valence-corrected chi connectivity index (χ3v) is 3.02. The zero-order chi connectivity index (χ0) is 14.2. The van der Waals surface area contributed by atoms with Gasteiger partial charge in [0, 0.05) is 17.5 Å². The standard InChI is InChI=1S/C13H14ClFN2O2/c1-6(2)16-13(18)9-4-7-10(19-3)5-8(15)11(14)12(7)17-9/h4-6,17H,1-3H3,(H,16,18). The lowest BCUT2D eigenvalue weighted by Crippen LogP contribution is -2.30. The highest BCUT2D eigenvalue weighted by Gasteiger charge is 2.17. The molecule has 19 heavy (non-hydrogen) atoms. The van der Waals surface area contributed by atoms with Gasteiger partial charge in [-0.25, -0.2) is 4.39 Å². The third kappa shape index (κ3) is 2.51. The number of benzene rings is 1. The number of hydrogen-bond donors (Lipinski definition) is 2. The first-order valence-corrected chi connectivity index (χ1v) is 6.17. The van der Waals surface area contributed by atoms with Gasteiger partial charge >= 0.3 is 0 Å². The predicted octanol–water partition coefficient (Wildman–Crippen LogP) is 3.11. The number of amides is 1. The molecule has 0 atom stereocenters. The van der Waals surface area contributed by atoms with E-state index in [1.165, 1.54) is 13.2 Å². The molecule has 4 nitrogen and oxygen atoms in total. The molecule has 6 heteroatoms. The zero-order valence-corrected chi connectivity index (χ0v) is 11.6. The lowest BCUT2D eigenvalue weighted by atomic mass is 10.2. The van der Waals surface area contributed by atoms with E-state index in [0.29, 0.717) is 22.3 Å². The van der Waals surface area contributed by atoms with Crippen LogP contribution in [-0.2, 0) is 0 Å². The number of carbonyl (C=O) groups excluding carboxylic acids is 1. The Bertz CT molecular complexity index is 637. The molecule has 2 rings (SSSR count). The minimum Gasteiger partial charge on any atom is -0.496 e. The smallest absolute Gasteiger partial charge is 0.267 e. The number of methoxy groups -OCH3 is 1.